The van der Waals surface area contributed by atoms with Crippen LogP contribution in [0.15, 0.2) is 83.5 Å². The number of rotatable bonds is 5. The second-order valence-corrected chi connectivity index (χ2v) is 7.60. The lowest BCUT2D eigenvalue weighted by atomic mass is 10.1. The molecule has 0 fully saturated rings. The zero-order valence-corrected chi connectivity index (χ0v) is 18.1. The lowest BCUT2D eigenvalue weighted by molar-refractivity contribution is -0.384. The van der Waals surface area contributed by atoms with Gasteiger partial charge in [0.05, 0.1) is 21.9 Å². The molecule has 33 heavy (non-hydrogen) atoms. The highest BCUT2D eigenvalue weighted by atomic mass is 35.5. The van der Waals surface area contributed by atoms with Crippen molar-refractivity contribution in [2.45, 2.75) is 6.92 Å². The summed E-state index contributed by atoms with van der Waals surface area (Å²) in [5.74, 6) is -0.728. The fraction of sp³-hybridized carbons (Fsp3) is 0.0417. The number of nitro groups is 1. The first-order valence-electron chi connectivity index (χ1n) is 9.85. The highest BCUT2D eigenvalue weighted by molar-refractivity contribution is 6.33. The van der Waals surface area contributed by atoms with Crippen molar-refractivity contribution in [2.24, 2.45) is 5.10 Å². The molecule has 0 aromatic heterocycles. The summed E-state index contributed by atoms with van der Waals surface area (Å²) in [5, 5.41) is 19.4. The van der Waals surface area contributed by atoms with Gasteiger partial charge in [-0.1, -0.05) is 41.9 Å². The molecule has 0 bridgehead atoms. The van der Waals surface area contributed by atoms with Gasteiger partial charge in [-0.25, -0.2) is 0 Å². The number of nitrogens with zero attached hydrogens (tertiary/aromatic N) is 3. The Kier molecular flexibility index (Phi) is 6.01. The number of halogens is 1. The van der Waals surface area contributed by atoms with Gasteiger partial charge in [-0.2, -0.15) is 10.1 Å². The van der Waals surface area contributed by atoms with E-state index in [0.29, 0.717) is 22.7 Å². The van der Waals surface area contributed by atoms with Crippen molar-refractivity contribution in [1.82, 2.24) is 0 Å². The van der Waals surface area contributed by atoms with Crippen LogP contribution in [0.3, 0.4) is 0 Å². The molecule has 2 amide bonds. The van der Waals surface area contributed by atoms with E-state index >= 15 is 0 Å². The van der Waals surface area contributed by atoms with Crippen molar-refractivity contribution in [3.05, 3.63) is 105 Å². The normalized spacial score (nSPS) is 14.4. The summed E-state index contributed by atoms with van der Waals surface area (Å²) in [6.45, 7) is 1.77. The standard InChI is InChI=1S/C24H17ClN4O4/c1-15-20(24(31)28(27-15)19-5-3-2-4-6-19)13-16-7-10-18(11-8-16)26-23(30)17-9-12-21(25)22(14-17)29(32)33/h2-14H,1H3,(H,26,30). The summed E-state index contributed by atoms with van der Waals surface area (Å²) >= 11 is 5.79. The molecule has 9 heteroatoms. The number of nitro benzene ring substituents is 1. The molecule has 8 nitrogen and oxygen atoms in total. The van der Waals surface area contributed by atoms with E-state index in [4.69, 9.17) is 11.6 Å². The Hall–Kier alpha value is -4.30. The van der Waals surface area contributed by atoms with Gasteiger partial charge in [-0.05, 0) is 55.0 Å². The molecule has 1 N–H and O–H groups in total. The molecule has 164 valence electrons. The lowest BCUT2D eigenvalue weighted by Gasteiger charge is -2.11. The van der Waals surface area contributed by atoms with E-state index in [2.05, 4.69) is 10.4 Å². The van der Waals surface area contributed by atoms with E-state index in [1.165, 1.54) is 17.1 Å². The van der Waals surface area contributed by atoms with Gasteiger partial charge in [-0.15, -0.1) is 0 Å². The van der Waals surface area contributed by atoms with Gasteiger partial charge in [0.15, 0.2) is 0 Å². The Labute approximate surface area is 193 Å². The molecule has 1 aliphatic rings. The van der Waals surface area contributed by atoms with Gasteiger partial charge in [-0.3, -0.25) is 19.7 Å². The first-order valence-corrected chi connectivity index (χ1v) is 10.2. The minimum Gasteiger partial charge on any atom is -0.322 e. The molecule has 0 atom stereocenters. The van der Waals surface area contributed by atoms with Crippen molar-refractivity contribution in [3.63, 3.8) is 0 Å². The van der Waals surface area contributed by atoms with Crippen molar-refractivity contribution in [1.29, 1.82) is 0 Å². The largest absolute Gasteiger partial charge is 0.322 e. The van der Waals surface area contributed by atoms with Gasteiger partial charge in [0, 0.05) is 17.3 Å². The summed E-state index contributed by atoms with van der Waals surface area (Å²) in [7, 11) is 0. The Morgan fingerprint density at radius 2 is 1.79 bits per heavy atom. The predicted molar refractivity (Wildman–Crippen MR) is 128 cm³/mol. The maximum Gasteiger partial charge on any atom is 0.288 e. The van der Waals surface area contributed by atoms with Crippen LogP contribution < -0.4 is 10.3 Å². The monoisotopic (exact) mass is 460 g/mol. The number of hydrazone groups is 1. The SMILES string of the molecule is CC1=NN(c2ccccc2)C(=O)C1=Cc1ccc(NC(=O)c2ccc(Cl)c([N+](=O)[O-])c2)cc1. The molecule has 0 saturated heterocycles. The fourth-order valence-electron chi connectivity index (χ4n) is 3.25. The zero-order chi connectivity index (χ0) is 23.5. The molecular formula is C24H17ClN4O4. The number of para-hydroxylation sites is 1. The molecule has 1 aliphatic heterocycles. The van der Waals surface area contributed by atoms with Crippen LogP contribution >= 0.6 is 11.6 Å². The number of benzene rings is 3. The highest BCUT2D eigenvalue weighted by Crippen LogP contribution is 2.27. The third kappa shape index (κ3) is 4.65. The van der Waals surface area contributed by atoms with E-state index in [0.717, 1.165) is 11.6 Å². The Balaban J connectivity index is 1.49. The van der Waals surface area contributed by atoms with Crippen LogP contribution in [0, 0.1) is 10.1 Å². The molecule has 0 radical (unpaired) electrons. The third-order valence-corrected chi connectivity index (χ3v) is 5.27. The van der Waals surface area contributed by atoms with Crippen molar-refractivity contribution in [3.8, 4) is 0 Å². The molecule has 3 aromatic rings. The van der Waals surface area contributed by atoms with E-state index in [1.54, 1.807) is 37.3 Å². The van der Waals surface area contributed by atoms with E-state index < -0.39 is 10.8 Å². The average Bonchev–Trinajstić information content (AvgIpc) is 3.09. The number of carbonyl (C=O) groups excluding carboxylic acids is 2. The maximum absolute atomic E-state index is 12.8. The van der Waals surface area contributed by atoms with Crippen LogP contribution in [-0.2, 0) is 4.79 Å². The minimum absolute atomic E-state index is 0.0416. The number of nitrogens with one attached hydrogen (secondary N) is 1. The Morgan fingerprint density at radius 1 is 1.09 bits per heavy atom. The summed E-state index contributed by atoms with van der Waals surface area (Å²) < 4.78 is 0. The second-order valence-electron chi connectivity index (χ2n) is 7.20. The van der Waals surface area contributed by atoms with Crippen molar-refractivity contribution >= 4 is 52.3 Å². The van der Waals surface area contributed by atoms with E-state index in [9.17, 15) is 19.7 Å². The molecule has 0 unspecified atom stereocenters. The summed E-state index contributed by atoms with van der Waals surface area (Å²) in [6, 6.07) is 19.9. The number of carbonyl (C=O) groups is 2. The molecule has 0 aliphatic carbocycles. The summed E-state index contributed by atoms with van der Waals surface area (Å²) in [6.07, 6.45) is 1.73. The quantitative estimate of drug-likeness (QED) is 0.316. The van der Waals surface area contributed by atoms with Gasteiger partial charge in [0.1, 0.15) is 5.02 Å². The van der Waals surface area contributed by atoms with Crippen LogP contribution in [0.2, 0.25) is 5.02 Å². The molecule has 4 rings (SSSR count). The summed E-state index contributed by atoms with van der Waals surface area (Å²) in [4.78, 5) is 35.7. The molecule has 1 heterocycles. The lowest BCUT2D eigenvalue weighted by Crippen LogP contribution is -2.21. The highest BCUT2D eigenvalue weighted by Gasteiger charge is 2.28. The molecule has 3 aromatic carbocycles. The van der Waals surface area contributed by atoms with Gasteiger partial charge < -0.3 is 5.32 Å². The first-order chi connectivity index (χ1) is 15.8. The second kappa shape index (κ2) is 9.05. The number of hydrogen-bond donors (Lipinski definition) is 1. The van der Waals surface area contributed by atoms with Gasteiger partial charge >= 0.3 is 0 Å². The topological polar surface area (TPSA) is 105 Å². The van der Waals surface area contributed by atoms with Crippen LogP contribution in [0.25, 0.3) is 6.08 Å². The number of anilines is 2. The van der Waals surface area contributed by atoms with Crippen molar-refractivity contribution in [2.75, 3.05) is 10.3 Å². The molecular weight excluding hydrogens is 444 g/mol. The minimum atomic E-state index is -0.643. The summed E-state index contributed by atoms with van der Waals surface area (Å²) in [5.41, 5.74) is 2.79. The van der Waals surface area contributed by atoms with E-state index in [1.807, 2.05) is 30.3 Å². The average molecular weight is 461 g/mol. The Bertz CT molecular complexity index is 1320. The van der Waals surface area contributed by atoms with Crippen LogP contribution in [0.1, 0.15) is 22.8 Å². The first kappa shape index (κ1) is 21.9. The van der Waals surface area contributed by atoms with Crippen LogP contribution in [0.5, 0.6) is 0 Å². The van der Waals surface area contributed by atoms with E-state index in [-0.39, 0.29) is 22.2 Å². The third-order valence-electron chi connectivity index (χ3n) is 4.95. The predicted octanol–water partition coefficient (Wildman–Crippen LogP) is 5.31. The van der Waals surface area contributed by atoms with Crippen molar-refractivity contribution < 1.29 is 14.5 Å². The van der Waals surface area contributed by atoms with Gasteiger partial charge in [0.2, 0.25) is 0 Å². The zero-order valence-electron chi connectivity index (χ0n) is 17.4. The van der Waals surface area contributed by atoms with Crippen LogP contribution in [-0.4, -0.2) is 22.4 Å². The Morgan fingerprint density at radius 3 is 2.45 bits per heavy atom. The molecule has 0 spiro atoms. The maximum atomic E-state index is 12.8. The smallest absolute Gasteiger partial charge is 0.288 e. The number of hydrogen-bond acceptors (Lipinski definition) is 5. The molecule has 0 saturated carbocycles. The number of amides is 2. The fourth-order valence-corrected chi connectivity index (χ4v) is 3.44. The van der Waals surface area contributed by atoms with Gasteiger partial charge in [0.25, 0.3) is 17.5 Å². The van der Waals surface area contributed by atoms with Crippen LogP contribution in [0.4, 0.5) is 17.1 Å².